The van der Waals surface area contributed by atoms with E-state index in [-0.39, 0.29) is 35.8 Å². The maximum absolute atomic E-state index is 12.8. The second-order valence-corrected chi connectivity index (χ2v) is 7.19. The topological polar surface area (TPSA) is 64.3 Å². The Labute approximate surface area is 150 Å². The van der Waals surface area contributed by atoms with Crippen LogP contribution in [-0.4, -0.2) is 18.1 Å². The Kier molecular flexibility index (Phi) is 6.16. The highest BCUT2D eigenvalue weighted by atomic mass is 35.5. The number of fused-ring (bicyclic) bond motifs is 1. The van der Waals surface area contributed by atoms with Crippen LogP contribution in [-0.2, 0) is 11.2 Å². The van der Waals surface area contributed by atoms with E-state index >= 15 is 0 Å². The van der Waals surface area contributed by atoms with Gasteiger partial charge in [-0.3, -0.25) is 4.79 Å². The molecule has 1 heterocycles. The highest BCUT2D eigenvalue weighted by molar-refractivity contribution is 5.85. The number of amides is 1. The van der Waals surface area contributed by atoms with E-state index in [1.807, 2.05) is 6.92 Å². The maximum atomic E-state index is 12.8. The fourth-order valence-electron chi connectivity index (χ4n) is 3.98. The summed E-state index contributed by atoms with van der Waals surface area (Å²) in [5.41, 5.74) is 8.32. The van der Waals surface area contributed by atoms with Gasteiger partial charge in [0.15, 0.2) is 0 Å². The van der Waals surface area contributed by atoms with Crippen LogP contribution in [0.15, 0.2) is 18.2 Å². The van der Waals surface area contributed by atoms with Crippen molar-refractivity contribution in [1.82, 2.24) is 5.32 Å². The number of para-hydroxylation sites is 1. The van der Waals surface area contributed by atoms with E-state index in [4.69, 9.17) is 10.5 Å². The fourth-order valence-corrected chi connectivity index (χ4v) is 3.98. The quantitative estimate of drug-likeness (QED) is 0.874. The second kappa shape index (κ2) is 7.75. The molecule has 24 heavy (non-hydrogen) atoms. The number of hydrogen-bond acceptors (Lipinski definition) is 3. The van der Waals surface area contributed by atoms with Gasteiger partial charge in [-0.1, -0.05) is 38.0 Å². The predicted molar refractivity (Wildman–Crippen MR) is 98.6 cm³/mol. The molecule has 0 saturated heterocycles. The monoisotopic (exact) mass is 352 g/mol. The summed E-state index contributed by atoms with van der Waals surface area (Å²) in [6, 6.07) is 6.26. The molecule has 1 aromatic rings. The number of rotatable bonds is 3. The summed E-state index contributed by atoms with van der Waals surface area (Å²) in [6.07, 6.45) is 5.79. The van der Waals surface area contributed by atoms with Crippen molar-refractivity contribution in [1.29, 1.82) is 0 Å². The fraction of sp³-hybridized carbons (Fsp3) is 0.632. The predicted octanol–water partition coefficient (Wildman–Crippen LogP) is 3.52. The second-order valence-electron chi connectivity index (χ2n) is 7.19. The zero-order valence-electron chi connectivity index (χ0n) is 14.6. The van der Waals surface area contributed by atoms with Crippen LogP contribution in [0.5, 0.6) is 5.75 Å². The summed E-state index contributed by atoms with van der Waals surface area (Å²) in [7, 11) is 0. The molecule has 1 aliphatic carbocycles. The summed E-state index contributed by atoms with van der Waals surface area (Å²) in [6.45, 7) is 4.80. The van der Waals surface area contributed by atoms with Gasteiger partial charge >= 0.3 is 0 Å². The molecule has 1 saturated carbocycles. The van der Waals surface area contributed by atoms with Gasteiger partial charge in [-0.2, -0.15) is 0 Å². The van der Waals surface area contributed by atoms with Crippen molar-refractivity contribution < 1.29 is 9.53 Å². The van der Waals surface area contributed by atoms with Crippen molar-refractivity contribution in [3.05, 3.63) is 29.3 Å². The molecular weight excluding hydrogens is 324 g/mol. The van der Waals surface area contributed by atoms with E-state index in [1.54, 1.807) is 0 Å². The number of carbonyl (C=O) groups is 1. The van der Waals surface area contributed by atoms with Crippen LogP contribution in [0.1, 0.15) is 63.1 Å². The van der Waals surface area contributed by atoms with Crippen LogP contribution < -0.4 is 15.8 Å². The number of ether oxygens (including phenoxy) is 1. The Morgan fingerprint density at radius 2 is 2.17 bits per heavy atom. The molecule has 0 aromatic heterocycles. The highest BCUT2D eigenvalue weighted by Crippen LogP contribution is 2.37. The minimum absolute atomic E-state index is 0. The Bertz CT molecular complexity index is 589. The standard InChI is InChI=1S/C19H28N2O2.ClH/c1-3-13-7-6-8-14-16(10-12-23-17(13)14)21-18(22)15-9-4-5-11-19(15,2)20;/h6-8,15-16H,3-5,9-12,20H2,1-2H3,(H,21,22);1H. The van der Waals surface area contributed by atoms with Crippen LogP contribution in [0.3, 0.4) is 0 Å². The smallest absolute Gasteiger partial charge is 0.225 e. The molecule has 0 spiro atoms. The van der Waals surface area contributed by atoms with E-state index in [1.165, 1.54) is 5.56 Å². The minimum Gasteiger partial charge on any atom is -0.493 e. The average Bonchev–Trinajstić information content (AvgIpc) is 2.54. The van der Waals surface area contributed by atoms with Gasteiger partial charge in [0.2, 0.25) is 5.91 Å². The minimum atomic E-state index is -0.387. The summed E-state index contributed by atoms with van der Waals surface area (Å²) in [5.74, 6) is 0.983. The van der Waals surface area contributed by atoms with Gasteiger partial charge < -0.3 is 15.8 Å². The SMILES string of the molecule is CCc1cccc2c1OCCC2NC(=O)C1CCCCC1(C)N.Cl. The number of hydrogen-bond donors (Lipinski definition) is 2. The van der Waals surface area contributed by atoms with E-state index < -0.39 is 0 Å². The number of nitrogens with two attached hydrogens (primary N) is 1. The lowest BCUT2D eigenvalue weighted by Gasteiger charge is -2.38. The zero-order chi connectivity index (χ0) is 16.4. The van der Waals surface area contributed by atoms with Crippen molar-refractivity contribution in [2.45, 2.75) is 64.0 Å². The summed E-state index contributed by atoms with van der Waals surface area (Å²) >= 11 is 0. The molecule has 3 N–H and O–H groups in total. The third kappa shape index (κ3) is 3.70. The maximum Gasteiger partial charge on any atom is 0.225 e. The van der Waals surface area contributed by atoms with Crippen molar-refractivity contribution in [3.63, 3.8) is 0 Å². The Morgan fingerprint density at radius 3 is 2.88 bits per heavy atom. The summed E-state index contributed by atoms with van der Waals surface area (Å²) in [5, 5.41) is 3.25. The van der Waals surface area contributed by atoms with Gasteiger partial charge in [-0.25, -0.2) is 0 Å². The molecule has 1 fully saturated rings. The van der Waals surface area contributed by atoms with Crippen LogP contribution in [0.25, 0.3) is 0 Å². The van der Waals surface area contributed by atoms with Crippen molar-refractivity contribution in [2.75, 3.05) is 6.61 Å². The molecule has 2 aliphatic rings. The Morgan fingerprint density at radius 1 is 1.38 bits per heavy atom. The molecule has 4 nitrogen and oxygen atoms in total. The zero-order valence-corrected chi connectivity index (χ0v) is 15.5. The first kappa shape index (κ1) is 19.1. The molecule has 134 valence electrons. The lowest BCUT2D eigenvalue weighted by molar-refractivity contribution is -0.129. The van der Waals surface area contributed by atoms with Gasteiger partial charge in [0.05, 0.1) is 18.6 Å². The third-order valence-electron chi connectivity index (χ3n) is 5.42. The van der Waals surface area contributed by atoms with Gasteiger partial charge in [0.25, 0.3) is 0 Å². The molecule has 1 aliphatic heterocycles. The summed E-state index contributed by atoms with van der Waals surface area (Å²) in [4.78, 5) is 12.8. The third-order valence-corrected chi connectivity index (χ3v) is 5.42. The highest BCUT2D eigenvalue weighted by Gasteiger charge is 2.39. The number of halogens is 1. The first-order valence-electron chi connectivity index (χ1n) is 8.87. The molecule has 1 amide bonds. The molecule has 1 aromatic carbocycles. The molecular formula is C19H29ClN2O2. The van der Waals surface area contributed by atoms with Crippen molar-refractivity contribution in [2.24, 2.45) is 11.7 Å². The van der Waals surface area contributed by atoms with Gasteiger partial charge in [0, 0.05) is 17.5 Å². The van der Waals surface area contributed by atoms with Crippen LogP contribution in [0.4, 0.5) is 0 Å². The number of carbonyl (C=O) groups excluding carboxylic acids is 1. The van der Waals surface area contributed by atoms with Gasteiger partial charge in [-0.15, -0.1) is 12.4 Å². The van der Waals surface area contributed by atoms with E-state index in [0.717, 1.165) is 49.8 Å². The van der Waals surface area contributed by atoms with Crippen molar-refractivity contribution in [3.8, 4) is 5.75 Å². The van der Waals surface area contributed by atoms with Crippen LogP contribution in [0, 0.1) is 5.92 Å². The molecule has 0 bridgehead atoms. The number of benzene rings is 1. The first-order chi connectivity index (χ1) is 11.0. The van der Waals surface area contributed by atoms with Gasteiger partial charge in [0.1, 0.15) is 5.75 Å². The molecule has 3 rings (SSSR count). The normalized spacial score (nSPS) is 29.0. The molecule has 3 atom stereocenters. The average molecular weight is 353 g/mol. The number of aryl methyl sites for hydroxylation is 1. The summed E-state index contributed by atoms with van der Waals surface area (Å²) < 4.78 is 5.87. The Balaban J connectivity index is 0.00000208. The van der Waals surface area contributed by atoms with E-state index in [9.17, 15) is 4.79 Å². The molecule has 0 radical (unpaired) electrons. The van der Waals surface area contributed by atoms with Crippen molar-refractivity contribution >= 4 is 18.3 Å². The lowest BCUT2D eigenvalue weighted by atomic mass is 9.74. The Hall–Kier alpha value is -1.26. The van der Waals surface area contributed by atoms with Crippen LogP contribution >= 0.6 is 12.4 Å². The van der Waals surface area contributed by atoms with Crippen LogP contribution in [0.2, 0.25) is 0 Å². The van der Waals surface area contributed by atoms with E-state index in [2.05, 4.69) is 30.4 Å². The number of nitrogens with one attached hydrogen (secondary N) is 1. The molecule has 3 unspecified atom stereocenters. The molecule has 5 heteroatoms. The lowest BCUT2D eigenvalue weighted by Crippen LogP contribution is -2.53. The largest absolute Gasteiger partial charge is 0.493 e. The van der Waals surface area contributed by atoms with E-state index in [0.29, 0.717) is 6.61 Å². The van der Waals surface area contributed by atoms with Gasteiger partial charge in [-0.05, 0) is 31.7 Å². The first-order valence-corrected chi connectivity index (χ1v) is 8.87.